The first-order valence-corrected chi connectivity index (χ1v) is 10.9. The van der Waals surface area contributed by atoms with E-state index >= 15 is 0 Å². The molecule has 0 aliphatic carbocycles. The summed E-state index contributed by atoms with van der Waals surface area (Å²) in [4.78, 5) is 32.3. The molecule has 0 unspecified atom stereocenters. The van der Waals surface area contributed by atoms with Gasteiger partial charge in [0, 0.05) is 17.7 Å². The lowest BCUT2D eigenvalue weighted by Crippen LogP contribution is -2.31. The number of H-pyrrole nitrogens is 1. The molecule has 156 valence electrons. The number of carbonyl (C=O) groups is 2. The van der Waals surface area contributed by atoms with Gasteiger partial charge in [-0.3, -0.25) is 14.9 Å². The normalized spacial score (nSPS) is 11.3. The number of nitrogens with one attached hydrogen (secondary N) is 2. The molecule has 0 fully saturated rings. The molecule has 1 heterocycles. The fourth-order valence-electron chi connectivity index (χ4n) is 2.99. The van der Waals surface area contributed by atoms with Crippen LogP contribution in [0.3, 0.4) is 0 Å². The minimum absolute atomic E-state index is 0.0159. The highest BCUT2D eigenvalue weighted by Crippen LogP contribution is 2.22. The van der Waals surface area contributed by atoms with Crippen LogP contribution < -0.4 is 5.32 Å². The van der Waals surface area contributed by atoms with E-state index < -0.39 is 0 Å². The van der Waals surface area contributed by atoms with Crippen LogP contribution in [0.25, 0.3) is 0 Å². The van der Waals surface area contributed by atoms with E-state index in [0.717, 1.165) is 23.4 Å². The SMILES string of the molecule is Cc1[nH]c(SCC(=O)NC(=O)c2ccc(C(C)(C)C)cc2)nc1Cc1ccccc1. The van der Waals surface area contributed by atoms with E-state index in [2.05, 4.69) is 48.2 Å². The quantitative estimate of drug-likeness (QED) is 0.568. The van der Waals surface area contributed by atoms with E-state index in [1.807, 2.05) is 37.3 Å². The standard InChI is InChI=1S/C24H27N3O2S/c1-16-20(14-17-8-6-5-7-9-17)26-23(25-16)30-15-21(28)27-22(29)18-10-12-19(13-11-18)24(2,3)4/h5-13H,14-15H2,1-4H3,(H,25,26)(H,27,28,29). The molecular weight excluding hydrogens is 394 g/mol. The molecule has 2 N–H and O–H groups in total. The van der Waals surface area contributed by atoms with Gasteiger partial charge in [-0.15, -0.1) is 0 Å². The molecule has 0 spiro atoms. The van der Waals surface area contributed by atoms with Gasteiger partial charge < -0.3 is 4.98 Å². The van der Waals surface area contributed by atoms with Crippen molar-refractivity contribution in [2.24, 2.45) is 0 Å². The van der Waals surface area contributed by atoms with Gasteiger partial charge in [0.05, 0.1) is 11.4 Å². The van der Waals surface area contributed by atoms with Crippen LogP contribution in [0, 0.1) is 6.92 Å². The Kier molecular flexibility index (Phi) is 6.77. The summed E-state index contributed by atoms with van der Waals surface area (Å²) in [6.07, 6.45) is 0.735. The number of nitrogens with zero attached hydrogens (tertiary/aromatic N) is 1. The summed E-state index contributed by atoms with van der Waals surface area (Å²) in [5.41, 5.74) is 4.75. The molecule has 5 nitrogen and oxygen atoms in total. The van der Waals surface area contributed by atoms with Crippen LogP contribution in [-0.4, -0.2) is 27.5 Å². The third-order valence-electron chi connectivity index (χ3n) is 4.78. The van der Waals surface area contributed by atoms with Crippen LogP contribution in [0.1, 0.15) is 53.6 Å². The third kappa shape index (κ3) is 5.83. The van der Waals surface area contributed by atoms with Crippen molar-refractivity contribution in [2.75, 3.05) is 5.75 Å². The second-order valence-electron chi connectivity index (χ2n) is 8.27. The minimum Gasteiger partial charge on any atom is -0.337 e. The molecule has 3 rings (SSSR count). The van der Waals surface area contributed by atoms with Crippen LogP contribution in [0.4, 0.5) is 0 Å². The highest BCUT2D eigenvalue weighted by Gasteiger charge is 2.16. The maximum absolute atomic E-state index is 12.3. The lowest BCUT2D eigenvalue weighted by molar-refractivity contribution is -0.117. The molecule has 0 radical (unpaired) electrons. The van der Waals surface area contributed by atoms with Crippen LogP contribution in [0.15, 0.2) is 59.8 Å². The van der Waals surface area contributed by atoms with Crippen molar-refractivity contribution >= 4 is 23.6 Å². The summed E-state index contributed by atoms with van der Waals surface area (Å²) < 4.78 is 0. The Morgan fingerprint density at radius 1 is 1.03 bits per heavy atom. The summed E-state index contributed by atoms with van der Waals surface area (Å²) in [5.74, 6) is -0.617. The molecule has 0 atom stereocenters. The average molecular weight is 422 g/mol. The Balaban J connectivity index is 1.53. The molecule has 0 saturated carbocycles. The van der Waals surface area contributed by atoms with Crippen molar-refractivity contribution in [2.45, 2.75) is 44.7 Å². The number of carbonyl (C=O) groups excluding carboxylic acids is 2. The van der Waals surface area contributed by atoms with Gasteiger partial charge in [-0.25, -0.2) is 4.98 Å². The second-order valence-corrected chi connectivity index (χ2v) is 9.23. The summed E-state index contributed by atoms with van der Waals surface area (Å²) in [7, 11) is 0. The first-order chi connectivity index (χ1) is 14.2. The number of aromatic nitrogens is 2. The van der Waals surface area contributed by atoms with Crippen LogP contribution >= 0.6 is 11.8 Å². The summed E-state index contributed by atoms with van der Waals surface area (Å²) in [6.45, 7) is 8.32. The first-order valence-electron chi connectivity index (χ1n) is 9.89. The number of hydrogen-bond acceptors (Lipinski definition) is 4. The molecule has 0 aliphatic heterocycles. The first kappa shape index (κ1) is 21.8. The smallest absolute Gasteiger partial charge is 0.257 e. The molecule has 6 heteroatoms. The topological polar surface area (TPSA) is 74.8 Å². The van der Waals surface area contributed by atoms with E-state index in [0.29, 0.717) is 10.7 Å². The molecule has 1 aromatic heterocycles. The molecule has 30 heavy (non-hydrogen) atoms. The molecular formula is C24H27N3O2S. The molecule has 2 amide bonds. The number of thioether (sulfide) groups is 1. The molecule has 3 aromatic rings. The number of benzene rings is 2. The van der Waals surface area contributed by atoms with Gasteiger partial charge in [-0.05, 0) is 35.6 Å². The largest absolute Gasteiger partial charge is 0.337 e. The number of aromatic amines is 1. The van der Waals surface area contributed by atoms with Gasteiger partial charge >= 0.3 is 0 Å². The zero-order valence-corrected chi connectivity index (χ0v) is 18.6. The zero-order chi connectivity index (χ0) is 21.7. The Morgan fingerprint density at radius 3 is 2.33 bits per heavy atom. The fourth-order valence-corrected chi connectivity index (χ4v) is 3.73. The highest BCUT2D eigenvalue weighted by molar-refractivity contribution is 7.99. The lowest BCUT2D eigenvalue weighted by atomic mass is 9.87. The van der Waals surface area contributed by atoms with Crippen molar-refractivity contribution in [3.05, 3.63) is 82.7 Å². The van der Waals surface area contributed by atoms with Crippen molar-refractivity contribution in [3.8, 4) is 0 Å². The molecule has 0 aliphatic rings. The maximum Gasteiger partial charge on any atom is 0.257 e. The van der Waals surface area contributed by atoms with Gasteiger partial charge in [-0.2, -0.15) is 0 Å². The van der Waals surface area contributed by atoms with Gasteiger partial charge in [0.25, 0.3) is 5.91 Å². The number of amides is 2. The van der Waals surface area contributed by atoms with Crippen LogP contribution in [0.2, 0.25) is 0 Å². The predicted octanol–water partition coefficient (Wildman–Crippen LogP) is 4.66. The monoisotopic (exact) mass is 421 g/mol. The number of imide groups is 1. The maximum atomic E-state index is 12.3. The van der Waals surface area contributed by atoms with E-state index in [9.17, 15) is 9.59 Å². The Labute approximate surface area is 181 Å². The number of aryl methyl sites for hydroxylation is 1. The average Bonchev–Trinajstić information content (AvgIpc) is 3.06. The van der Waals surface area contributed by atoms with E-state index in [4.69, 9.17) is 0 Å². The summed E-state index contributed by atoms with van der Waals surface area (Å²) >= 11 is 1.29. The van der Waals surface area contributed by atoms with Crippen LogP contribution in [0.5, 0.6) is 0 Å². The van der Waals surface area contributed by atoms with Gasteiger partial charge in [0.1, 0.15) is 0 Å². The van der Waals surface area contributed by atoms with Crippen molar-refractivity contribution in [3.63, 3.8) is 0 Å². The van der Waals surface area contributed by atoms with E-state index in [1.165, 1.54) is 17.3 Å². The van der Waals surface area contributed by atoms with Gasteiger partial charge in [0.2, 0.25) is 5.91 Å². The molecule has 0 bridgehead atoms. The minimum atomic E-state index is -0.388. The van der Waals surface area contributed by atoms with E-state index in [1.54, 1.807) is 12.1 Å². The summed E-state index contributed by atoms with van der Waals surface area (Å²) in [5, 5.41) is 3.12. The zero-order valence-electron chi connectivity index (χ0n) is 17.8. The second kappa shape index (κ2) is 9.30. The van der Waals surface area contributed by atoms with Crippen molar-refractivity contribution in [1.82, 2.24) is 15.3 Å². The van der Waals surface area contributed by atoms with Gasteiger partial charge in [0.15, 0.2) is 5.16 Å². The Bertz CT molecular complexity index is 1020. The molecule has 0 saturated heterocycles. The Hall–Kier alpha value is -2.86. The van der Waals surface area contributed by atoms with Crippen molar-refractivity contribution in [1.29, 1.82) is 0 Å². The van der Waals surface area contributed by atoms with E-state index in [-0.39, 0.29) is 23.0 Å². The Morgan fingerprint density at radius 2 is 1.70 bits per heavy atom. The number of imidazole rings is 1. The van der Waals surface area contributed by atoms with Crippen molar-refractivity contribution < 1.29 is 9.59 Å². The highest BCUT2D eigenvalue weighted by atomic mass is 32.2. The molecule has 2 aromatic carbocycles. The fraction of sp³-hybridized carbons (Fsp3) is 0.292. The third-order valence-corrected chi connectivity index (χ3v) is 5.66. The number of hydrogen-bond donors (Lipinski definition) is 2. The lowest BCUT2D eigenvalue weighted by Gasteiger charge is -2.18. The predicted molar refractivity (Wildman–Crippen MR) is 121 cm³/mol. The summed E-state index contributed by atoms with van der Waals surface area (Å²) in [6, 6.07) is 17.5. The number of rotatable bonds is 6. The van der Waals surface area contributed by atoms with Crippen LogP contribution in [-0.2, 0) is 16.6 Å². The van der Waals surface area contributed by atoms with Gasteiger partial charge in [-0.1, -0.05) is 75.0 Å².